The van der Waals surface area contributed by atoms with Crippen molar-refractivity contribution in [2.45, 2.75) is 39.7 Å². The van der Waals surface area contributed by atoms with Crippen LogP contribution in [0.15, 0.2) is 30.3 Å². The minimum atomic E-state index is -0.723. The summed E-state index contributed by atoms with van der Waals surface area (Å²) in [6, 6.07) is 9.85. The number of benzene rings is 1. The summed E-state index contributed by atoms with van der Waals surface area (Å²) in [5, 5.41) is 10.3. The van der Waals surface area contributed by atoms with Crippen LogP contribution < -0.4 is 0 Å². The topological polar surface area (TPSA) is 20.2 Å². The zero-order valence-corrected chi connectivity index (χ0v) is 9.54. The summed E-state index contributed by atoms with van der Waals surface area (Å²) < 4.78 is 0. The maximum absolute atomic E-state index is 10.3. The molecule has 0 saturated carbocycles. The fraction of sp³-hybridized carbons (Fsp3) is 0.538. The number of aliphatic hydroxyl groups is 1. The molecule has 0 saturated heterocycles. The predicted molar refractivity (Wildman–Crippen MR) is 60.1 cm³/mol. The van der Waals surface area contributed by atoms with Gasteiger partial charge in [-0.1, -0.05) is 51.1 Å². The second kappa shape index (κ2) is 3.74. The highest BCUT2D eigenvalue weighted by molar-refractivity contribution is 5.21. The maximum atomic E-state index is 10.3. The molecule has 1 nitrogen and oxygen atoms in total. The first kappa shape index (κ1) is 11.3. The zero-order chi connectivity index (χ0) is 10.8. The molecule has 1 heteroatoms. The van der Waals surface area contributed by atoms with Crippen molar-refractivity contribution in [3.8, 4) is 0 Å². The van der Waals surface area contributed by atoms with E-state index >= 15 is 0 Å². The lowest BCUT2D eigenvalue weighted by atomic mass is 9.79. The van der Waals surface area contributed by atoms with E-state index < -0.39 is 5.60 Å². The summed E-state index contributed by atoms with van der Waals surface area (Å²) in [7, 11) is 0. The van der Waals surface area contributed by atoms with Gasteiger partial charge in [-0.3, -0.25) is 0 Å². The van der Waals surface area contributed by atoms with Crippen LogP contribution in [-0.4, -0.2) is 5.11 Å². The quantitative estimate of drug-likeness (QED) is 0.762. The van der Waals surface area contributed by atoms with Gasteiger partial charge in [0.2, 0.25) is 0 Å². The fourth-order valence-electron chi connectivity index (χ4n) is 1.93. The predicted octanol–water partition coefficient (Wildman–Crippen LogP) is 3.33. The van der Waals surface area contributed by atoms with E-state index in [-0.39, 0.29) is 5.41 Å². The van der Waals surface area contributed by atoms with Crippen LogP contribution in [0.1, 0.15) is 39.7 Å². The first-order valence-corrected chi connectivity index (χ1v) is 5.09. The largest absolute Gasteiger partial charge is 0.385 e. The molecule has 0 aliphatic carbocycles. The Bertz CT molecular complexity index is 280. The van der Waals surface area contributed by atoms with Gasteiger partial charge in [0, 0.05) is 0 Å². The van der Waals surface area contributed by atoms with Crippen molar-refractivity contribution in [3.63, 3.8) is 0 Å². The Balaban J connectivity index is 2.86. The van der Waals surface area contributed by atoms with Crippen LogP contribution in [0.2, 0.25) is 0 Å². The Morgan fingerprint density at radius 1 is 1.00 bits per heavy atom. The summed E-state index contributed by atoms with van der Waals surface area (Å²) >= 11 is 0. The van der Waals surface area contributed by atoms with Crippen LogP contribution in [-0.2, 0) is 5.60 Å². The van der Waals surface area contributed by atoms with Gasteiger partial charge in [0.15, 0.2) is 0 Å². The molecule has 78 valence electrons. The average molecular weight is 192 g/mol. The zero-order valence-electron chi connectivity index (χ0n) is 9.54. The minimum Gasteiger partial charge on any atom is -0.385 e. The van der Waals surface area contributed by atoms with Crippen LogP contribution >= 0.6 is 0 Å². The van der Waals surface area contributed by atoms with Crippen molar-refractivity contribution in [2.75, 3.05) is 0 Å². The van der Waals surface area contributed by atoms with Crippen molar-refractivity contribution in [2.24, 2.45) is 5.41 Å². The molecule has 14 heavy (non-hydrogen) atoms. The van der Waals surface area contributed by atoms with Gasteiger partial charge in [-0.15, -0.1) is 0 Å². The SMILES string of the molecule is CC(C)(C)C[C@](C)(O)c1ccccc1. The van der Waals surface area contributed by atoms with Gasteiger partial charge in [-0.2, -0.15) is 0 Å². The van der Waals surface area contributed by atoms with Crippen molar-refractivity contribution >= 4 is 0 Å². The van der Waals surface area contributed by atoms with Crippen LogP contribution in [0, 0.1) is 5.41 Å². The molecule has 0 spiro atoms. The van der Waals surface area contributed by atoms with E-state index in [2.05, 4.69) is 20.8 Å². The second-order valence-corrected chi connectivity index (χ2v) is 5.38. The highest BCUT2D eigenvalue weighted by atomic mass is 16.3. The van der Waals surface area contributed by atoms with Gasteiger partial charge in [0.05, 0.1) is 5.60 Å². The molecule has 1 atom stereocenters. The minimum absolute atomic E-state index is 0.138. The summed E-state index contributed by atoms with van der Waals surface area (Å²) in [5.74, 6) is 0. The molecule has 1 aromatic carbocycles. The molecule has 0 aromatic heterocycles. The standard InChI is InChI=1S/C13H20O/c1-12(2,3)10-13(4,14)11-8-6-5-7-9-11/h5-9,14H,10H2,1-4H3/t13-/m0/s1. The van der Waals surface area contributed by atoms with Gasteiger partial charge in [-0.05, 0) is 24.3 Å². The van der Waals surface area contributed by atoms with Crippen LogP contribution in [0.25, 0.3) is 0 Å². The third kappa shape index (κ3) is 3.15. The molecule has 0 heterocycles. The van der Waals surface area contributed by atoms with Crippen LogP contribution in [0.4, 0.5) is 0 Å². The highest BCUT2D eigenvalue weighted by Gasteiger charge is 2.28. The van der Waals surface area contributed by atoms with Crippen molar-refractivity contribution < 1.29 is 5.11 Å². The Labute approximate surface area is 86.8 Å². The molecule has 1 rings (SSSR count). The van der Waals surface area contributed by atoms with Crippen molar-refractivity contribution in [1.29, 1.82) is 0 Å². The van der Waals surface area contributed by atoms with Gasteiger partial charge >= 0.3 is 0 Å². The Morgan fingerprint density at radius 3 is 1.93 bits per heavy atom. The monoisotopic (exact) mass is 192 g/mol. The van der Waals surface area contributed by atoms with Crippen LogP contribution in [0.5, 0.6) is 0 Å². The third-order valence-electron chi connectivity index (χ3n) is 2.27. The molecule has 0 unspecified atom stereocenters. The number of hydrogen-bond acceptors (Lipinski definition) is 1. The molecular formula is C13H20O. The lowest BCUT2D eigenvalue weighted by Gasteiger charge is -2.31. The summed E-state index contributed by atoms with van der Waals surface area (Å²) in [4.78, 5) is 0. The molecule has 0 bridgehead atoms. The lowest BCUT2D eigenvalue weighted by molar-refractivity contribution is 0.0151. The molecular weight excluding hydrogens is 172 g/mol. The average Bonchev–Trinajstić information content (AvgIpc) is 2.01. The van der Waals surface area contributed by atoms with E-state index in [0.717, 1.165) is 12.0 Å². The highest BCUT2D eigenvalue weighted by Crippen LogP contribution is 2.33. The van der Waals surface area contributed by atoms with Gasteiger partial charge in [-0.25, -0.2) is 0 Å². The smallest absolute Gasteiger partial charge is 0.0873 e. The molecule has 0 amide bonds. The normalized spacial score (nSPS) is 16.4. The molecule has 1 N–H and O–H groups in total. The Hall–Kier alpha value is -0.820. The van der Waals surface area contributed by atoms with E-state index in [4.69, 9.17) is 0 Å². The van der Waals surface area contributed by atoms with Gasteiger partial charge in [0.25, 0.3) is 0 Å². The van der Waals surface area contributed by atoms with Crippen LogP contribution in [0.3, 0.4) is 0 Å². The Kier molecular flexibility index (Phi) is 3.01. The molecule has 0 radical (unpaired) electrons. The maximum Gasteiger partial charge on any atom is 0.0873 e. The first-order chi connectivity index (χ1) is 6.31. The van der Waals surface area contributed by atoms with Crippen molar-refractivity contribution in [3.05, 3.63) is 35.9 Å². The van der Waals surface area contributed by atoms with E-state index in [1.54, 1.807) is 0 Å². The number of rotatable bonds is 2. The van der Waals surface area contributed by atoms with E-state index in [0.29, 0.717) is 0 Å². The lowest BCUT2D eigenvalue weighted by Crippen LogP contribution is -2.27. The van der Waals surface area contributed by atoms with E-state index in [1.807, 2.05) is 37.3 Å². The summed E-state index contributed by atoms with van der Waals surface area (Å²) in [6.45, 7) is 8.31. The van der Waals surface area contributed by atoms with E-state index in [9.17, 15) is 5.11 Å². The Morgan fingerprint density at radius 2 is 1.50 bits per heavy atom. The second-order valence-electron chi connectivity index (χ2n) is 5.38. The fourth-order valence-corrected chi connectivity index (χ4v) is 1.93. The first-order valence-electron chi connectivity index (χ1n) is 5.09. The summed E-state index contributed by atoms with van der Waals surface area (Å²) in [6.07, 6.45) is 0.768. The molecule has 0 aliphatic rings. The summed E-state index contributed by atoms with van der Waals surface area (Å²) in [5.41, 5.74) is 0.411. The van der Waals surface area contributed by atoms with Gasteiger partial charge in [0.1, 0.15) is 0 Å². The van der Waals surface area contributed by atoms with E-state index in [1.165, 1.54) is 0 Å². The van der Waals surface area contributed by atoms with Crippen molar-refractivity contribution in [1.82, 2.24) is 0 Å². The molecule has 1 aromatic rings. The number of hydrogen-bond donors (Lipinski definition) is 1. The molecule has 0 fully saturated rings. The third-order valence-corrected chi connectivity index (χ3v) is 2.27. The molecule has 0 aliphatic heterocycles. The van der Waals surface area contributed by atoms with Gasteiger partial charge < -0.3 is 5.11 Å².